The summed E-state index contributed by atoms with van der Waals surface area (Å²) >= 11 is 0. The van der Waals surface area contributed by atoms with Gasteiger partial charge in [-0.25, -0.2) is 4.57 Å². The molecule has 0 saturated heterocycles. The van der Waals surface area contributed by atoms with Crippen molar-refractivity contribution in [3.63, 3.8) is 0 Å². The Morgan fingerprint density at radius 2 is 1.12 bits per heavy atom. The van der Waals surface area contributed by atoms with Crippen molar-refractivity contribution in [1.29, 1.82) is 0 Å². The van der Waals surface area contributed by atoms with Crippen molar-refractivity contribution in [2.45, 2.75) is 129 Å². The summed E-state index contributed by atoms with van der Waals surface area (Å²) in [6.45, 7) is 3.97. The topological polar surface area (TPSA) is 53.2 Å². The second-order valence-electron chi connectivity index (χ2n) is 8.88. The number of carbonyl (C=O) groups is 1. The van der Waals surface area contributed by atoms with Gasteiger partial charge in [-0.3, -0.25) is 0 Å². The SMILES string of the molecule is CCCCCCCCCCCCCCCCCC[n+]1ccccc1.COCCCC(=O)[O-]. The molecule has 4 nitrogen and oxygen atoms in total. The first kappa shape index (κ1) is 30.6. The summed E-state index contributed by atoms with van der Waals surface area (Å²) in [5.41, 5.74) is 0. The summed E-state index contributed by atoms with van der Waals surface area (Å²) in [7, 11) is 1.54. The molecule has 0 aromatic carbocycles. The summed E-state index contributed by atoms with van der Waals surface area (Å²) < 4.78 is 6.90. The minimum atomic E-state index is -1.01. The summed E-state index contributed by atoms with van der Waals surface area (Å²) in [5.74, 6) is -1.01. The highest BCUT2D eigenvalue weighted by Gasteiger charge is 1.98. The Morgan fingerprint density at radius 1 is 0.688 bits per heavy atom. The Hall–Kier alpha value is -1.42. The van der Waals surface area contributed by atoms with Crippen LogP contribution in [0.3, 0.4) is 0 Å². The largest absolute Gasteiger partial charge is 0.550 e. The number of aromatic nitrogens is 1. The van der Waals surface area contributed by atoms with E-state index in [2.05, 4.69) is 46.8 Å². The van der Waals surface area contributed by atoms with Gasteiger partial charge in [0.05, 0.1) is 0 Å². The molecule has 0 unspecified atom stereocenters. The normalized spacial score (nSPS) is 10.6. The van der Waals surface area contributed by atoms with Gasteiger partial charge in [-0.1, -0.05) is 103 Å². The Kier molecular flexibility index (Phi) is 24.7. The number of rotatable bonds is 21. The fourth-order valence-electron chi connectivity index (χ4n) is 3.79. The molecule has 0 amide bonds. The lowest BCUT2D eigenvalue weighted by Gasteiger charge is -2.03. The van der Waals surface area contributed by atoms with Gasteiger partial charge in [-0.05, 0) is 19.3 Å². The van der Waals surface area contributed by atoms with Crippen LogP contribution in [0, 0.1) is 0 Å². The fourth-order valence-corrected chi connectivity index (χ4v) is 3.79. The van der Waals surface area contributed by atoms with Crippen LogP contribution in [0.4, 0.5) is 0 Å². The van der Waals surface area contributed by atoms with Crippen LogP contribution in [0.25, 0.3) is 0 Å². The van der Waals surface area contributed by atoms with E-state index in [0.29, 0.717) is 13.0 Å². The summed E-state index contributed by atoms with van der Waals surface area (Å²) in [6, 6.07) is 6.32. The average Bonchev–Trinajstić information content (AvgIpc) is 2.80. The number of unbranched alkanes of at least 4 members (excludes halogenated alkanes) is 15. The third-order valence-corrected chi connectivity index (χ3v) is 5.78. The van der Waals surface area contributed by atoms with Gasteiger partial charge in [-0.15, -0.1) is 0 Å². The number of aryl methyl sites for hydroxylation is 1. The third-order valence-electron chi connectivity index (χ3n) is 5.78. The number of pyridine rings is 1. The Labute approximate surface area is 198 Å². The van der Waals surface area contributed by atoms with Gasteiger partial charge in [0.25, 0.3) is 0 Å². The van der Waals surface area contributed by atoms with E-state index in [1.165, 1.54) is 116 Å². The molecular formula is C28H51NO3. The lowest BCUT2D eigenvalue weighted by Crippen LogP contribution is -2.32. The second kappa shape index (κ2) is 25.8. The van der Waals surface area contributed by atoms with Crippen molar-refractivity contribution in [3.8, 4) is 0 Å². The predicted molar refractivity (Wildman–Crippen MR) is 132 cm³/mol. The highest BCUT2D eigenvalue weighted by molar-refractivity contribution is 5.64. The molecule has 0 bridgehead atoms. The van der Waals surface area contributed by atoms with Gasteiger partial charge >= 0.3 is 0 Å². The lowest BCUT2D eigenvalue weighted by molar-refractivity contribution is -0.697. The van der Waals surface area contributed by atoms with Crippen molar-refractivity contribution >= 4 is 5.97 Å². The zero-order valence-electron chi connectivity index (χ0n) is 21.2. The molecule has 186 valence electrons. The Balaban J connectivity index is 0.00000102. The minimum Gasteiger partial charge on any atom is -0.550 e. The molecular weight excluding hydrogens is 398 g/mol. The van der Waals surface area contributed by atoms with E-state index in [1.807, 2.05) is 0 Å². The van der Waals surface area contributed by atoms with E-state index in [9.17, 15) is 9.90 Å². The molecule has 0 spiro atoms. The van der Waals surface area contributed by atoms with E-state index in [4.69, 9.17) is 0 Å². The number of nitrogens with zero attached hydrogens (tertiary/aromatic N) is 1. The number of hydrogen-bond acceptors (Lipinski definition) is 3. The zero-order chi connectivity index (χ0) is 23.5. The molecule has 32 heavy (non-hydrogen) atoms. The maximum absolute atomic E-state index is 9.71. The maximum Gasteiger partial charge on any atom is 0.168 e. The number of methoxy groups -OCH3 is 1. The first-order valence-corrected chi connectivity index (χ1v) is 13.3. The van der Waals surface area contributed by atoms with Crippen molar-refractivity contribution in [2.75, 3.05) is 13.7 Å². The van der Waals surface area contributed by atoms with Gasteiger partial charge in [-0.2, -0.15) is 0 Å². The molecule has 1 heterocycles. The van der Waals surface area contributed by atoms with Crippen LogP contribution in [0.5, 0.6) is 0 Å². The van der Waals surface area contributed by atoms with Gasteiger partial charge in [0, 0.05) is 38.2 Å². The highest BCUT2D eigenvalue weighted by Crippen LogP contribution is 2.13. The highest BCUT2D eigenvalue weighted by atomic mass is 16.5. The van der Waals surface area contributed by atoms with Crippen LogP contribution in [-0.4, -0.2) is 19.7 Å². The van der Waals surface area contributed by atoms with Crippen molar-refractivity contribution in [3.05, 3.63) is 30.6 Å². The van der Waals surface area contributed by atoms with Crippen molar-refractivity contribution in [2.24, 2.45) is 0 Å². The standard InChI is InChI=1S/C23H42N.C5H10O3/c1-2-3-4-5-6-7-8-9-10-11-12-13-14-15-16-18-21-24-22-19-17-20-23-24;1-8-4-2-3-5(6)7/h17,19-20,22-23H,2-16,18,21H2,1H3;2-4H2,1H3,(H,6,7)/q+1;/p-1. The van der Waals surface area contributed by atoms with Crippen LogP contribution in [0.2, 0.25) is 0 Å². The predicted octanol–water partition coefficient (Wildman–Crippen LogP) is 6.40. The molecule has 0 N–H and O–H groups in total. The number of ether oxygens (including phenoxy) is 1. The maximum atomic E-state index is 9.71. The number of carboxylic acids is 1. The summed E-state index contributed by atoms with van der Waals surface area (Å²) in [4.78, 5) is 9.71. The summed E-state index contributed by atoms with van der Waals surface area (Å²) in [6.07, 6.45) is 28.0. The van der Waals surface area contributed by atoms with Crippen LogP contribution in [0.1, 0.15) is 122 Å². The van der Waals surface area contributed by atoms with Crippen LogP contribution in [-0.2, 0) is 16.1 Å². The van der Waals surface area contributed by atoms with Crippen molar-refractivity contribution in [1.82, 2.24) is 0 Å². The molecule has 1 rings (SSSR count). The molecule has 0 aliphatic heterocycles. The number of carboxylic acid groups (broad SMARTS) is 1. The van der Waals surface area contributed by atoms with Gasteiger partial charge in [0.1, 0.15) is 6.54 Å². The first-order valence-electron chi connectivity index (χ1n) is 13.3. The second-order valence-corrected chi connectivity index (χ2v) is 8.88. The quantitative estimate of drug-likeness (QED) is 0.161. The molecule has 0 saturated carbocycles. The van der Waals surface area contributed by atoms with E-state index in [-0.39, 0.29) is 6.42 Å². The van der Waals surface area contributed by atoms with E-state index in [1.54, 1.807) is 0 Å². The number of carbonyl (C=O) groups excluding carboxylic acids is 1. The number of hydrogen-bond donors (Lipinski definition) is 0. The smallest absolute Gasteiger partial charge is 0.168 e. The molecule has 1 aromatic rings. The van der Waals surface area contributed by atoms with E-state index in [0.717, 1.165) is 0 Å². The first-order chi connectivity index (χ1) is 15.7. The van der Waals surface area contributed by atoms with Crippen LogP contribution < -0.4 is 9.67 Å². The van der Waals surface area contributed by atoms with E-state index >= 15 is 0 Å². The average molecular weight is 450 g/mol. The molecule has 1 aromatic heterocycles. The fraction of sp³-hybridized carbons (Fsp3) is 0.786. The lowest BCUT2D eigenvalue weighted by atomic mass is 10.0. The Bertz CT molecular complexity index is 493. The van der Waals surface area contributed by atoms with Crippen LogP contribution >= 0.6 is 0 Å². The monoisotopic (exact) mass is 449 g/mol. The molecule has 4 heteroatoms. The van der Waals surface area contributed by atoms with Gasteiger partial charge in [0.15, 0.2) is 12.4 Å². The number of aliphatic carboxylic acids is 1. The molecule has 0 fully saturated rings. The molecule has 0 radical (unpaired) electrons. The zero-order valence-corrected chi connectivity index (χ0v) is 21.2. The van der Waals surface area contributed by atoms with Gasteiger partial charge < -0.3 is 14.6 Å². The molecule has 0 atom stereocenters. The van der Waals surface area contributed by atoms with Gasteiger partial charge in [0.2, 0.25) is 0 Å². The minimum absolute atomic E-state index is 0.0911. The van der Waals surface area contributed by atoms with E-state index < -0.39 is 5.97 Å². The molecule has 0 aliphatic carbocycles. The summed E-state index contributed by atoms with van der Waals surface area (Å²) in [5, 5.41) is 9.71. The Morgan fingerprint density at radius 3 is 1.53 bits per heavy atom. The third kappa shape index (κ3) is 24.8. The molecule has 0 aliphatic rings. The van der Waals surface area contributed by atoms with Crippen LogP contribution in [0.15, 0.2) is 30.6 Å². The van der Waals surface area contributed by atoms with Crippen molar-refractivity contribution < 1.29 is 19.2 Å².